The van der Waals surface area contributed by atoms with Gasteiger partial charge in [-0.1, -0.05) is 0 Å². The van der Waals surface area contributed by atoms with E-state index >= 15 is 0 Å². The van der Waals surface area contributed by atoms with Crippen LogP contribution < -0.4 is 10.2 Å². The maximum atomic E-state index is 12.7. The maximum Gasteiger partial charge on any atom is 0.251 e. The van der Waals surface area contributed by atoms with Crippen LogP contribution in [0.4, 0.5) is 5.69 Å². The first-order valence-electron chi connectivity index (χ1n) is 11.4. The van der Waals surface area contributed by atoms with Gasteiger partial charge in [0.05, 0.1) is 6.26 Å². The second kappa shape index (κ2) is 8.47. The Balaban J connectivity index is 1.22. The second-order valence-corrected chi connectivity index (χ2v) is 9.25. The fraction of sp³-hybridized carbons (Fsp3) is 0.440. The Bertz CT molecular complexity index is 1070. The summed E-state index contributed by atoms with van der Waals surface area (Å²) in [6.45, 7) is 2.81. The van der Waals surface area contributed by atoms with Gasteiger partial charge in [-0.05, 0) is 67.8 Å². The zero-order chi connectivity index (χ0) is 22.2. The summed E-state index contributed by atoms with van der Waals surface area (Å²) in [5.74, 6) is 1.90. The molecule has 0 saturated carbocycles. The molecule has 3 aliphatic heterocycles. The third-order valence-corrected chi connectivity index (χ3v) is 7.09. The molecular weight excluding hydrogens is 402 g/mol. The first-order chi connectivity index (χ1) is 15.5. The Labute approximate surface area is 189 Å². The van der Waals surface area contributed by atoms with E-state index in [4.69, 9.17) is 4.42 Å². The summed E-state index contributed by atoms with van der Waals surface area (Å²) in [5, 5.41) is 7.85. The van der Waals surface area contributed by atoms with Gasteiger partial charge in [0.15, 0.2) is 5.76 Å². The normalized spacial score (nSPS) is 24.5. The molecule has 3 aliphatic rings. The van der Waals surface area contributed by atoms with E-state index in [0.717, 1.165) is 36.7 Å². The predicted molar refractivity (Wildman–Crippen MR) is 125 cm³/mol. The molecule has 32 heavy (non-hydrogen) atoms. The number of fused-ring (bicyclic) bond motifs is 3. The van der Waals surface area contributed by atoms with E-state index in [1.165, 1.54) is 12.1 Å². The molecule has 0 aliphatic carbocycles. The van der Waals surface area contributed by atoms with Crippen molar-refractivity contribution in [1.82, 2.24) is 20.0 Å². The van der Waals surface area contributed by atoms with Crippen LogP contribution in [0.1, 0.15) is 34.8 Å². The molecule has 1 aromatic carbocycles. The SMILES string of the molecule is CN(C)c1ccc(C(=O)NCC2CC3CCN2CC3c2cc(-c3ccco3)nn2C)cc1. The van der Waals surface area contributed by atoms with Crippen molar-refractivity contribution in [2.75, 3.05) is 38.6 Å². The molecular formula is C25H31N5O2. The number of hydrogen-bond acceptors (Lipinski definition) is 5. The maximum absolute atomic E-state index is 12.7. The molecule has 7 heteroatoms. The minimum absolute atomic E-state index is 0.00391. The van der Waals surface area contributed by atoms with E-state index in [0.29, 0.717) is 30.0 Å². The molecule has 0 spiro atoms. The fourth-order valence-electron chi connectivity index (χ4n) is 5.28. The highest BCUT2D eigenvalue weighted by atomic mass is 16.3. The summed E-state index contributed by atoms with van der Waals surface area (Å²) < 4.78 is 7.55. The largest absolute Gasteiger partial charge is 0.463 e. The monoisotopic (exact) mass is 433 g/mol. The molecule has 2 aromatic heterocycles. The zero-order valence-electron chi connectivity index (χ0n) is 19.0. The van der Waals surface area contributed by atoms with Crippen LogP contribution in [0, 0.1) is 5.92 Å². The summed E-state index contributed by atoms with van der Waals surface area (Å²) in [6.07, 6.45) is 3.99. The summed E-state index contributed by atoms with van der Waals surface area (Å²) in [6, 6.07) is 14.2. The zero-order valence-corrected chi connectivity index (χ0v) is 19.0. The summed E-state index contributed by atoms with van der Waals surface area (Å²) in [5.41, 5.74) is 3.97. The molecule has 4 unspecified atom stereocenters. The van der Waals surface area contributed by atoms with Crippen LogP contribution in [-0.4, -0.2) is 60.4 Å². The molecule has 6 rings (SSSR count). The van der Waals surface area contributed by atoms with Crippen molar-refractivity contribution in [3.63, 3.8) is 0 Å². The number of amides is 1. The Morgan fingerprint density at radius 3 is 2.72 bits per heavy atom. The van der Waals surface area contributed by atoms with E-state index < -0.39 is 0 Å². The van der Waals surface area contributed by atoms with E-state index in [-0.39, 0.29) is 5.91 Å². The number of nitrogens with zero attached hydrogens (tertiary/aromatic N) is 4. The Morgan fingerprint density at radius 2 is 2.06 bits per heavy atom. The van der Waals surface area contributed by atoms with Crippen LogP contribution >= 0.6 is 0 Å². The van der Waals surface area contributed by atoms with Crippen LogP contribution in [0.5, 0.6) is 0 Å². The van der Waals surface area contributed by atoms with Crippen molar-refractivity contribution < 1.29 is 9.21 Å². The van der Waals surface area contributed by atoms with Crippen molar-refractivity contribution >= 4 is 11.6 Å². The van der Waals surface area contributed by atoms with Crippen LogP contribution in [0.15, 0.2) is 53.1 Å². The lowest BCUT2D eigenvalue weighted by atomic mass is 9.74. The van der Waals surface area contributed by atoms with Gasteiger partial charge < -0.3 is 14.6 Å². The van der Waals surface area contributed by atoms with Gasteiger partial charge in [-0.2, -0.15) is 5.10 Å². The first kappa shape index (κ1) is 20.8. The lowest BCUT2D eigenvalue weighted by molar-refractivity contribution is 0.0280. The van der Waals surface area contributed by atoms with E-state index in [2.05, 4.69) is 21.4 Å². The van der Waals surface area contributed by atoms with E-state index in [1.807, 2.05) is 67.1 Å². The quantitative estimate of drug-likeness (QED) is 0.646. The fourth-order valence-corrected chi connectivity index (χ4v) is 5.28. The topological polar surface area (TPSA) is 66.5 Å². The molecule has 1 N–H and O–H groups in total. The van der Waals surface area contributed by atoms with Crippen LogP contribution in [-0.2, 0) is 7.05 Å². The van der Waals surface area contributed by atoms with Gasteiger partial charge in [-0.3, -0.25) is 14.4 Å². The van der Waals surface area contributed by atoms with Gasteiger partial charge in [0.25, 0.3) is 5.91 Å². The average Bonchev–Trinajstić information content (AvgIpc) is 3.48. The minimum Gasteiger partial charge on any atom is -0.463 e. The molecule has 168 valence electrons. The third kappa shape index (κ3) is 3.93. The predicted octanol–water partition coefficient (Wildman–Crippen LogP) is 3.35. The molecule has 0 radical (unpaired) electrons. The molecule has 3 saturated heterocycles. The third-order valence-electron chi connectivity index (χ3n) is 7.09. The van der Waals surface area contributed by atoms with Gasteiger partial charge in [0.2, 0.25) is 0 Å². The number of furan rings is 1. The van der Waals surface area contributed by atoms with Gasteiger partial charge in [-0.25, -0.2) is 0 Å². The van der Waals surface area contributed by atoms with Crippen LogP contribution in [0.3, 0.4) is 0 Å². The number of hydrogen-bond donors (Lipinski definition) is 1. The lowest BCUT2D eigenvalue weighted by Gasteiger charge is -2.50. The summed E-state index contributed by atoms with van der Waals surface area (Å²) in [4.78, 5) is 17.2. The number of aromatic nitrogens is 2. The second-order valence-electron chi connectivity index (χ2n) is 9.25. The molecule has 5 heterocycles. The highest BCUT2D eigenvalue weighted by molar-refractivity contribution is 5.94. The number of piperidine rings is 3. The number of aryl methyl sites for hydroxylation is 1. The van der Waals surface area contributed by atoms with Gasteiger partial charge in [0.1, 0.15) is 5.69 Å². The highest BCUT2D eigenvalue weighted by Crippen LogP contribution is 2.42. The lowest BCUT2D eigenvalue weighted by Crippen LogP contribution is -2.56. The number of carbonyl (C=O) groups excluding carboxylic acids is 1. The summed E-state index contributed by atoms with van der Waals surface area (Å²) >= 11 is 0. The Hall–Kier alpha value is -3.06. The van der Waals surface area contributed by atoms with Crippen molar-refractivity contribution in [1.29, 1.82) is 0 Å². The Morgan fingerprint density at radius 1 is 1.25 bits per heavy atom. The molecule has 3 aromatic rings. The highest BCUT2D eigenvalue weighted by Gasteiger charge is 2.42. The van der Waals surface area contributed by atoms with Gasteiger partial charge >= 0.3 is 0 Å². The standard InChI is InChI=1S/C25H31N5O2/c1-28(2)19-8-6-17(7-9-19)25(31)26-15-20-13-18-10-11-30(20)16-21(18)23-14-22(27-29(23)3)24-5-4-12-32-24/h4-9,12,14,18,20-21H,10-11,13,15-16H2,1-3H3,(H,26,31). The van der Waals surface area contributed by atoms with Crippen molar-refractivity contribution in [3.05, 3.63) is 60.0 Å². The number of anilines is 1. The smallest absolute Gasteiger partial charge is 0.251 e. The van der Waals surface area contributed by atoms with E-state index in [9.17, 15) is 4.79 Å². The number of benzene rings is 1. The van der Waals surface area contributed by atoms with Crippen LogP contribution in [0.25, 0.3) is 11.5 Å². The van der Waals surface area contributed by atoms with Crippen molar-refractivity contribution in [2.45, 2.75) is 24.8 Å². The average molecular weight is 434 g/mol. The molecule has 2 bridgehead atoms. The first-order valence-corrected chi connectivity index (χ1v) is 11.4. The molecule has 1 amide bonds. The van der Waals surface area contributed by atoms with Crippen LogP contribution in [0.2, 0.25) is 0 Å². The van der Waals surface area contributed by atoms with E-state index in [1.54, 1.807) is 6.26 Å². The molecule has 4 atom stereocenters. The Kier molecular flexibility index (Phi) is 5.51. The van der Waals surface area contributed by atoms with Crippen molar-refractivity contribution in [3.8, 4) is 11.5 Å². The molecule has 3 fully saturated rings. The summed E-state index contributed by atoms with van der Waals surface area (Å²) in [7, 11) is 6.02. The van der Waals surface area contributed by atoms with Gasteiger partial charge in [0, 0.05) is 63.1 Å². The number of nitrogens with one attached hydrogen (secondary N) is 1. The van der Waals surface area contributed by atoms with Gasteiger partial charge in [-0.15, -0.1) is 0 Å². The number of carbonyl (C=O) groups is 1. The minimum atomic E-state index is 0.00391. The van der Waals surface area contributed by atoms with Crippen molar-refractivity contribution in [2.24, 2.45) is 13.0 Å². The number of rotatable bonds is 6. The molecule has 7 nitrogen and oxygen atoms in total.